The number of halogens is 2. The van der Waals surface area contributed by atoms with Crippen LogP contribution in [0.15, 0.2) is 41.0 Å². The average molecular weight is 341 g/mol. The van der Waals surface area contributed by atoms with Crippen molar-refractivity contribution in [3.05, 3.63) is 57.2 Å². The van der Waals surface area contributed by atoms with Crippen molar-refractivity contribution in [2.75, 3.05) is 11.9 Å². The van der Waals surface area contributed by atoms with E-state index in [-0.39, 0.29) is 0 Å². The lowest BCUT2D eigenvalue weighted by atomic mass is 10.2. The highest BCUT2D eigenvalue weighted by Crippen LogP contribution is 2.21. The Morgan fingerprint density at radius 2 is 2.16 bits per heavy atom. The molecular formula is C14H15BrClN3. The molecule has 2 aromatic rings. The van der Waals surface area contributed by atoms with Gasteiger partial charge in [-0.25, -0.2) is 4.98 Å². The summed E-state index contributed by atoms with van der Waals surface area (Å²) in [6.45, 7) is 1.19. The Labute approximate surface area is 126 Å². The van der Waals surface area contributed by atoms with E-state index in [2.05, 4.69) is 37.9 Å². The zero-order valence-corrected chi connectivity index (χ0v) is 12.9. The molecule has 0 spiro atoms. The molecule has 0 aliphatic heterocycles. The molecule has 0 saturated carbocycles. The number of anilines is 1. The van der Waals surface area contributed by atoms with Gasteiger partial charge in [0.15, 0.2) is 0 Å². The first kappa shape index (κ1) is 14.3. The molecule has 1 heterocycles. The van der Waals surface area contributed by atoms with E-state index >= 15 is 0 Å². The quantitative estimate of drug-likeness (QED) is 0.925. The van der Waals surface area contributed by atoms with Crippen molar-refractivity contribution in [2.24, 2.45) is 5.73 Å². The zero-order valence-electron chi connectivity index (χ0n) is 10.6. The van der Waals surface area contributed by atoms with Gasteiger partial charge < -0.3 is 10.6 Å². The SMILES string of the molecule is CN(Cc1cccc(Br)c1)c1cc(CN)c(Cl)cn1. The second kappa shape index (κ2) is 6.37. The third kappa shape index (κ3) is 3.69. The Morgan fingerprint density at radius 3 is 2.84 bits per heavy atom. The molecule has 0 bridgehead atoms. The Balaban J connectivity index is 2.18. The van der Waals surface area contributed by atoms with Crippen LogP contribution in [-0.4, -0.2) is 12.0 Å². The maximum atomic E-state index is 6.01. The molecule has 19 heavy (non-hydrogen) atoms. The van der Waals surface area contributed by atoms with Crippen molar-refractivity contribution < 1.29 is 0 Å². The van der Waals surface area contributed by atoms with Crippen molar-refractivity contribution in [1.29, 1.82) is 0 Å². The first-order valence-electron chi connectivity index (χ1n) is 5.90. The van der Waals surface area contributed by atoms with Gasteiger partial charge in [0.2, 0.25) is 0 Å². The van der Waals surface area contributed by atoms with Crippen LogP contribution in [0.3, 0.4) is 0 Å². The zero-order chi connectivity index (χ0) is 13.8. The molecule has 5 heteroatoms. The van der Waals surface area contributed by atoms with Crippen LogP contribution in [0, 0.1) is 0 Å². The number of nitrogens with zero attached hydrogens (tertiary/aromatic N) is 2. The molecule has 1 aromatic carbocycles. The Morgan fingerprint density at radius 1 is 1.37 bits per heavy atom. The first-order valence-corrected chi connectivity index (χ1v) is 7.07. The summed E-state index contributed by atoms with van der Waals surface area (Å²) in [6.07, 6.45) is 1.65. The van der Waals surface area contributed by atoms with E-state index in [4.69, 9.17) is 17.3 Å². The van der Waals surface area contributed by atoms with Gasteiger partial charge in [0.25, 0.3) is 0 Å². The largest absolute Gasteiger partial charge is 0.355 e. The lowest BCUT2D eigenvalue weighted by Gasteiger charge is -2.19. The van der Waals surface area contributed by atoms with E-state index in [1.54, 1.807) is 6.20 Å². The van der Waals surface area contributed by atoms with Crippen LogP contribution in [0.2, 0.25) is 5.02 Å². The number of hydrogen-bond acceptors (Lipinski definition) is 3. The van der Waals surface area contributed by atoms with Crippen molar-refractivity contribution >= 4 is 33.3 Å². The van der Waals surface area contributed by atoms with Crippen LogP contribution in [0.4, 0.5) is 5.82 Å². The molecule has 0 radical (unpaired) electrons. The second-order valence-electron chi connectivity index (χ2n) is 4.32. The molecule has 0 aliphatic rings. The lowest BCUT2D eigenvalue weighted by molar-refractivity contribution is 0.892. The molecule has 0 atom stereocenters. The lowest BCUT2D eigenvalue weighted by Crippen LogP contribution is -2.18. The molecule has 0 unspecified atom stereocenters. The van der Waals surface area contributed by atoms with Crippen LogP contribution < -0.4 is 10.6 Å². The smallest absolute Gasteiger partial charge is 0.128 e. The van der Waals surface area contributed by atoms with Gasteiger partial charge in [-0.3, -0.25) is 0 Å². The fraction of sp³-hybridized carbons (Fsp3) is 0.214. The molecule has 1 aromatic heterocycles. The fourth-order valence-corrected chi connectivity index (χ4v) is 2.45. The number of hydrogen-bond donors (Lipinski definition) is 1. The number of nitrogens with two attached hydrogens (primary N) is 1. The summed E-state index contributed by atoms with van der Waals surface area (Å²) in [5.41, 5.74) is 7.78. The van der Waals surface area contributed by atoms with Crippen LogP contribution in [0.5, 0.6) is 0 Å². The Kier molecular flexibility index (Phi) is 4.80. The van der Waals surface area contributed by atoms with Gasteiger partial charge in [-0.05, 0) is 29.3 Å². The number of aromatic nitrogens is 1. The second-order valence-corrected chi connectivity index (χ2v) is 5.65. The normalized spacial score (nSPS) is 10.5. The van der Waals surface area contributed by atoms with Gasteiger partial charge in [-0.15, -0.1) is 0 Å². The highest BCUT2D eigenvalue weighted by Gasteiger charge is 2.07. The molecule has 0 amide bonds. The molecule has 2 N–H and O–H groups in total. The van der Waals surface area contributed by atoms with Gasteiger partial charge in [0, 0.05) is 30.8 Å². The van der Waals surface area contributed by atoms with E-state index < -0.39 is 0 Å². The minimum absolute atomic E-state index is 0.416. The minimum Gasteiger partial charge on any atom is -0.355 e. The van der Waals surface area contributed by atoms with Crippen LogP contribution in [-0.2, 0) is 13.1 Å². The predicted octanol–water partition coefficient (Wildman–Crippen LogP) is 3.59. The highest BCUT2D eigenvalue weighted by atomic mass is 79.9. The molecule has 0 fully saturated rings. The van der Waals surface area contributed by atoms with E-state index in [9.17, 15) is 0 Å². The van der Waals surface area contributed by atoms with Crippen molar-refractivity contribution in [2.45, 2.75) is 13.1 Å². The summed E-state index contributed by atoms with van der Waals surface area (Å²) in [7, 11) is 2.00. The Bertz CT molecular complexity index is 574. The first-order chi connectivity index (χ1) is 9.10. The highest BCUT2D eigenvalue weighted by molar-refractivity contribution is 9.10. The topological polar surface area (TPSA) is 42.1 Å². The monoisotopic (exact) mass is 339 g/mol. The van der Waals surface area contributed by atoms with E-state index in [0.717, 1.165) is 22.4 Å². The Hall–Kier alpha value is -1.10. The van der Waals surface area contributed by atoms with E-state index in [0.29, 0.717) is 11.6 Å². The molecule has 0 saturated heterocycles. The third-order valence-electron chi connectivity index (χ3n) is 2.84. The van der Waals surface area contributed by atoms with Crippen molar-refractivity contribution in [3.8, 4) is 0 Å². The van der Waals surface area contributed by atoms with Gasteiger partial charge in [0.05, 0.1) is 5.02 Å². The number of pyridine rings is 1. The van der Waals surface area contributed by atoms with Gasteiger partial charge in [-0.2, -0.15) is 0 Å². The minimum atomic E-state index is 0.416. The molecule has 2 rings (SSSR count). The number of rotatable bonds is 4. The summed E-state index contributed by atoms with van der Waals surface area (Å²) in [5.74, 6) is 0.866. The van der Waals surface area contributed by atoms with Gasteiger partial charge >= 0.3 is 0 Å². The summed E-state index contributed by atoms with van der Waals surface area (Å²) < 4.78 is 1.07. The van der Waals surface area contributed by atoms with Crippen LogP contribution >= 0.6 is 27.5 Å². The fourth-order valence-electron chi connectivity index (χ4n) is 1.82. The van der Waals surface area contributed by atoms with Crippen LogP contribution in [0.1, 0.15) is 11.1 Å². The van der Waals surface area contributed by atoms with Gasteiger partial charge in [0.1, 0.15) is 5.82 Å². The maximum absolute atomic E-state index is 6.01. The average Bonchev–Trinajstić information content (AvgIpc) is 2.39. The standard InChI is InChI=1S/C14H15BrClN3/c1-19(9-10-3-2-4-12(15)5-10)14-6-11(7-17)13(16)8-18-14/h2-6,8H,7,9,17H2,1H3. The van der Waals surface area contributed by atoms with Crippen molar-refractivity contribution in [3.63, 3.8) is 0 Å². The van der Waals surface area contributed by atoms with E-state index in [1.807, 2.05) is 25.2 Å². The summed E-state index contributed by atoms with van der Waals surface area (Å²) in [5, 5.41) is 0.613. The summed E-state index contributed by atoms with van der Waals surface area (Å²) in [6, 6.07) is 10.1. The molecule has 100 valence electrons. The maximum Gasteiger partial charge on any atom is 0.128 e. The molecular weight excluding hydrogens is 326 g/mol. The van der Waals surface area contributed by atoms with Crippen molar-refractivity contribution in [1.82, 2.24) is 4.98 Å². The number of benzene rings is 1. The van der Waals surface area contributed by atoms with Crippen LogP contribution in [0.25, 0.3) is 0 Å². The third-order valence-corrected chi connectivity index (χ3v) is 3.67. The predicted molar refractivity (Wildman–Crippen MR) is 83.4 cm³/mol. The van der Waals surface area contributed by atoms with Gasteiger partial charge in [-0.1, -0.05) is 39.7 Å². The summed E-state index contributed by atoms with van der Waals surface area (Å²) in [4.78, 5) is 6.40. The molecule has 0 aliphatic carbocycles. The molecule has 3 nitrogen and oxygen atoms in total. The summed E-state index contributed by atoms with van der Waals surface area (Å²) >= 11 is 9.49. The van der Waals surface area contributed by atoms with E-state index in [1.165, 1.54) is 5.56 Å².